The van der Waals surface area contributed by atoms with Crippen molar-refractivity contribution in [3.05, 3.63) is 24.0 Å². The molecule has 82 valence electrons. The summed E-state index contributed by atoms with van der Waals surface area (Å²) in [5.41, 5.74) is 6.11. The first-order valence-corrected chi connectivity index (χ1v) is 5.34. The lowest BCUT2D eigenvalue weighted by molar-refractivity contribution is 0.169. The number of nitrogens with two attached hydrogens (primary N) is 1. The lowest BCUT2D eigenvalue weighted by Gasteiger charge is -2.19. The van der Waals surface area contributed by atoms with Gasteiger partial charge in [0.05, 0.1) is 6.10 Å². The smallest absolute Gasteiger partial charge is 0.148 e. The molecule has 1 heterocycles. The molecule has 0 radical (unpaired) electrons. The van der Waals surface area contributed by atoms with Gasteiger partial charge in [0.25, 0.3) is 0 Å². The van der Waals surface area contributed by atoms with Gasteiger partial charge in [0.15, 0.2) is 0 Å². The molecule has 1 aromatic rings. The Kier molecular flexibility index (Phi) is 4.03. The predicted molar refractivity (Wildman–Crippen MR) is 65.1 cm³/mol. The van der Waals surface area contributed by atoms with Gasteiger partial charge in [-0.25, -0.2) is 4.98 Å². The number of nitrogens with zero attached hydrogens (tertiary/aromatic N) is 1. The maximum absolute atomic E-state index is 5.74. The van der Waals surface area contributed by atoms with Crippen LogP contribution in [0, 0.1) is 5.92 Å². The van der Waals surface area contributed by atoms with Gasteiger partial charge >= 0.3 is 0 Å². The highest BCUT2D eigenvalue weighted by Gasteiger charge is 2.13. The SMILES string of the molecule is CC(C)C(C)Oc1cccnc1C(N)=S. The van der Waals surface area contributed by atoms with E-state index in [0.29, 0.717) is 17.4 Å². The molecule has 2 N–H and O–H groups in total. The Morgan fingerprint density at radius 1 is 1.47 bits per heavy atom. The van der Waals surface area contributed by atoms with Crippen LogP contribution in [-0.2, 0) is 0 Å². The van der Waals surface area contributed by atoms with E-state index >= 15 is 0 Å². The number of thiocarbonyl (C=S) groups is 1. The molecule has 0 aliphatic carbocycles. The van der Waals surface area contributed by atoms with Crippen molar-refractivity contribution in [3.8, 4) is 5.75 Å². The summed E-state index contributed by atoms with van der Waals surface area (Å²) in [6, 6.07) is 3.64. The minimum absolute atomic E-state index is 0.113. The zero-order valence-corrected chi connectivity index (χ0v) is 10.0. The van der Waals surface area contributed by atoms with E-state index < -0.39 is 0 Å². The van der Waals surface area contributed by atoms with Crippen molar-refractivity contribution in [1.29, 1.82) is 0 Å². The van der Waals surface area contributed by atoms with Crippen molar-refractivity contribution in [1.82, 2.24) is 4.98 Å². The summed E-state index contributed by atoms with van der Waals surface area (Å²) in [5, 5.41) is 0. The first-order valence-electron chi connectivity index (χ1n) is 4.94. The van der Waals surface area contributed by atoms with Crippen LogP contribution in [0.15, 0.2) is 18.3 Å². The second-order valence-corrected chi connectivity index (χ2v) is 4.22. The van der Waals surface area contributed by atoms with Crippen LogP contribution in [0.3, 0.4) is 0 Å². The number of ether oxygens (including phenoxy) is 1. The van der Waals surface area contributed by atoms with Gasteiger partial charge in [-0.05, 0) is 25.0 Å². The van der Waals surface area contributed by atoms with E-state index in [9.17, 15) is 0 Å². The zero-order valence-electron chi connectivity index (χ0n) is 9.23. The molecule has 1 rings (SSSR count). The van der Waals surface area contributed by atoms with Gasteiger partial charge in [-0.2, -0.15) is 0 Å². The first-order chi connectivity index (χ1) is 7.02. The number of hydrogen-bond acceptors (Lipinski definition) is 3. The van der Waals surface area contributed by atoms with Gasteiger partial charge in [-0.1, -0.05) is 26.1 Å². The molecule has 15 heavy (non-hydrogen) atoms. The highest BCUT2D eigenvalue weighted by atomic mass is 32.1. The van der Waals surface area contributed by atoms with Crippen LogP contribution in [0.1, 0.15) is 26.5 Å². The molecule has 0 saturated carbocycles. The van der Waals surface area contributed by atoms with Gasteiger partial charge in [-0.15, -0.1) is 0 Å². The second kappa shape index (κ2) is 5.07. The Labute approximate surface area is 95.7 Å². The third-order valence-corrected chi connectivity index (χ3v) is 2.45. The van der Waals surface area contributed by atoms with Crippen LogP contribution in [0.2, 0.25) is 0 Å². The minimum atomic E-state index is 0.113. The summed E-state index contributed by atoms with van der Waals surface area (Å²) in [6.07, 6.45) is 1.77. The van der Waals surface area contributed by atoms with Crippen molar-refractivity contribution in [2.24, 2.45) is 11.7 Å². The minimum Gasteiger partial charge on any atom is -0.488 e. The second-order valence-electron chi connectivity index (χ2n) is 3.78. The molecular weight excluding hydrogens is 208 g/mol. The first kappa shape index (κ1) is 11.9. The molecule has 0 saturated heterocycles. The molecular formula is C11H16N2OS. The third kappa shape index (κ3) is 3.16. The summed E-state index contributed by atoms with van der Waals surface area (Å²) in [7, 11) is 0. The largest absolute Gasteiger partial charge is 0.488 e. The fourth-order valence-electron chi connectivity index (χ4n) is 1.01. The molecule has 0 aliphatic rings. The highest BCUT2D eigenvalue weighted by Crippen LogP contribution is 2.19. The summed E-state index contributed by atoms with van der Waals surface area (Å²) >= 11 is 4.90. The van der Waals surface area contributed by atoms with Crippen LogP contribution >= 0.6 is 12.2 Å². The zero-order chi connectivity index (χ0) is 11.4. The lowest BCUT2D eigenvalue weighted by atomic mass is 10.1. The van der Waals surface area contributed by atoms with Crippen molar-refractivity contribution in [2.45, 2.75) is 26.9 Å². The summed E-state index contributed by atoms with van der Waals surface area (Å²) in [5.74, 6) is 1.09. The van der Waals surface area contributed by atoms with E-state index in [2.05, 4.69) is 18.8 Å². The van der Waals surface area contributed by atoms with Crippen molar-refractivity contribution in [3.63, 3.8) is 0 Å². The van der Waals surface area contributed by atoms with E-state index in [1.807, 2.05) is 19.1 Å². The van der Waals surface area contributed by atoms with Crippen molar-refractivity contribution >= 4 is 17.2 Å². The number of pyridine rings is 1. The summed E-state index contributed by atoms with van der Waals surface area (Å²) in [4.78, 5) is 4.36. The standard InChI is InChI=1S/C11H16N2OS/c1-7(2)8(3)14-9-5-4-6-13-10(9)11(12)15/h4-8H,1-3H3,(H2,12,15). The highest BCUT2D eigenvalue weighted by molar-refractivity contribution is 7.80. The maximum Gasteiger partial charge on any atom is 0.148 e. The van der Waals surface area contributed by atoms with Crippen molar-refractivity contribution < 1.29 is 4.74 Å². The monoisotopic (exact) mass is 224 g/mol. The Bertz CT molecular complexity index is 352. The average Bonchev–Trinajstić information content (AvgIpc) is 2.18. The molecule has 0 spiro atoms. The number of aromatic nitrogens is 1. The van der Waals surface area contributed by atoms with E-state index in [0.717, 1.165) is 0 Å². The molecule has 4 heteroatoms. The Morgan fingerprint density at radius 3 is 2.67 bits per heavy atom. The van der Waals surface area contributed by atoms with E-state index in [1.165, 1.54) is 0 Å². The molecule has 0 aliphatic heterocycles. The molecule has 3 nitrogen and oxygen atoms in total. The number of rotatable bonds is 4. The predicted octanol–water partition coefficient (Wildman–Crippen LogP) is 2.14. The van der Waals surface area contributed by atoms with Crippen LogP contribution < -0.4 is 10.5 Å². The van der Waals surface area contributed by atoms with E-state index in [1.54, 1.807) is 6.20 Å². The van der Waals surface area contributed by atoms with Crippen LogP contribution in [0.5, 0.6) is 5.75 Å². The fourth-order valence-corrected chi connectivity index (χ4v) is 1.16. The van der Waals surface area contributed by atoms with Gasteiger partial charge in [0, 0.05) is 6.20 Å². The van der Waals surface area contributed by atoms with Gasteiger partial charge in [-0.3, -0.25) is 0 Å². The van der Waals surface area contributed by atoms with Crippen LogP contribution in [0.4, 0.5) is 0 Å². The van der Waals surface area contributed by atoms with Crippen LogP contribution in [-0.4, -0.2) is 16.1 Å². The topological polar surface area (TPSA) is 48.1 Å². The number of hydrogen-bond donors (Lipinski definition) is 1. The van der Waals surface area contributed by atoms with Gasteiger partial charge < -0.3 is 10.5 Å². The Hall–Kier alpha value is -1.16. The lowest BCUT2D eigenvalue weighted by Crippen LogP contribution is -2.21. The van der Waals surface area contributed by atoms with E-state index in [-0.39, 0.29) is 11.1 Å². The van der Waals surface area contributed by atoms with E-state index in [4.69, 9.17) is 22.7 Å². The molecule has 1 aromatic heterocycles. The third-order valence-electron chi connectivity index (χ3n) is 2.26. The molecule has 1 unspecified atom stereocenters. The molecule has 0 fully saturated rings. The fraction of sp³-hybridized carbons (Fsp3) is 0.455. The van der Waals surface area contributed by atoms with Crippen LogP contribution in [0.25, 0.3) is 0 Å². The maximum atomic E-state index is 5.74. The molecule has 1 atom stereocenters. The Morgan fingerprint density at radius 2 is 2.13 bits per heavy atom. The normalized spacial score (nSPS) is 12.5. The van der Waals surface area contributed by atoms with Crippen molar-refractivity contribution in [2.75, 3.05) is 0 Å². The quantitative estimate of drug-likeness (QED) is 0.796. The summed E-state index contributed by atoms with van der Waals surface area (Å²) < 4.78 is 5.74. The average molecular weight is 224 g/mol. The molecule has 0 aromatic carbocycles. The van der Waals surface area contributed by atoms with Gasteiger partial charge in [0.2, 0.25) is 0 Å². The Balaban J connectivity index is 2.89. The summed E-state index contributed by atoms with van der Waals surface area (Å²) in [6.45, 7) is 6.21. The molecule has 0 amide bonds. The molecule has 0 bridgehead atoms. The van der Waals surface area contributed by atoms with Gasteiger partial charge in [0.1, 0.15) is 16.4 Å².